The highest BCUT2D eigenvalue weighted by Gasteiger charge is 2.26. The van der Waals surface area contributed by atoms with Gasteiger partial charge in [0.25, 0.3) is 0 Å². The van der Waals surface area contributed by atoms with Gasteiger partial charge in [-0.3, -0.25) is 4.99 Å². The molecule has 0 aromatic heterocycles. The summed E-state index contributed by atoms with van der Waals surface area (Å²) in [6.45, 7) is 3.42. The molecule has 1 unspecified atom stereocenters. The minimum atomic E-state index is 0. The van der Waals surface area contributed by atoms with Gasteiger partial charge in [0.15, 0.2) is 0 Å². The number of nitrogens with zero attached hydrogens (tertiary/aromatic N) is 2. The molecule has 0 amide bonds. The van der Waals surface area contributed by atoms with Gasteiger partial charge in [0.05, 0.1) is 13.2 Å². The number of hydrogen-bond donors (Lipinski definition) is 0. The lowest BCUT2D eigenvalue weighted by atomic mass is 9.90. The molecule has 0 aliphatic carbocycles. The average Bonchev–Trinajstić information content (AvgIpc) is 2.62. The van der Waals surface area contributed by atoms with Gasteiger partial charge in [0, 0.05) is 24.5 Å². The molecule has 5 heteroatoms. The Morgan fingerprint density at radius 1 is 1.00 bits per heavy atom. The van der Waals surface area contributed by atoms with Crippen molar-refractivity contribution >= 4 is 29.8 Å². The van der Waals surface area contributed by atoms with E-state index in [9.17, 15) is 0 Å². The summed E-state index contributed by atoms with van der Waals surface area (Å²) in [4.78, 5) is 7.45. The van der Waals surface area contributed by atoms with Gasteiger partial charge in [-0.05, 0) is 28.8 Å². The van der Waals surface area contributed by atoms with E-state index in [1.807, 2.05) is 12.1 Å². The van der Waals surface area contributed by atoms with Crippen LogP contribution in [0.5, 0.6) is 0 Å². The van der Waals surface area contributed by atoms with Crippen molar-refractivity contribution in [1.29, 1.82) is 0 Å². The highest BCUT2D eigenvalue weighted by molar-refractivity contribution is 6.30. The molecule has 2 aliphatic rings. The van der Waals surface area contributed by atoms with Crippen LogP contribution < -0.4 is 0 Å². The highest BCUT2D eigenvalue weighted by atomic mass is 35.5. The zero-order valence-electron chi connectivity index (χ0n) is 13.3. The molecule has 126 valence electrons. The Hall–Kier alpha value is -1.55. The molecule has 2 aromatic rings. The van der Waals surface area contributed by atoms with Crippen molar-refractivity contribution in [3.05, 3.63) is 70.2 Å². The largest absolute Gasteiger partial charge is 0.378 e. The topological polar surface area (TPSA) is 24.8 Å². The number of hydrogen-bond acceptors (Lipinski definition) is 3. The first-order valence-electron chi connectivity index (χ1n) is 8.04. The smallest absolute Gasteiger partial charge is 0.105 e. The molecule has 0 saturated carbocycles. The molecule has 3 nitrogen and oxygen atoms in total. The maximum atomic E-state index is 6.04. The summed E-state index contributed by atoms with van der Waals surface area (Å²) in [5.74, 6) is 1.17. The van der Waals surface area contributed by atoms with Crippen LogP contribution in [0.1, 0.15) is 22.7 Å². The highest BCUT2D eigenvalue weighted by Crippen LogP contribution is 2.34. The van der Waals surface area contributed by atoms with E-state index in [1.54, 1.807) is 0 Å². The van der Waals surface area contributed by atoms with E-state index in [0.717, 1.165) is 37.7 Å². The molecular weight excluding hydrogens is 343 g/mol. The Morgan fingerprint density at radius 2 is 1.71 bits per heavy atom. The van der Waals surface area contributed by atoms with Crippen LogP contribution in [-0.4, -0.2) is 37.0 Å². The lowest BCUT2D eigenvalue weighted by molar-refractivity contribution is 0.0671. The van der Waals surface area contributed by atoms with Crippen molar-refractivity contribution in [2.24, 2.45) is 4.99 Å². The maximum absolute atomic E-state index is 6.04. The molecule has 2 aliphatic heterocycles. The molecule has 1 fully saturated rings. The summed E-state index contributed by atoms with van der Waals surface area (Å²) in [5, 5.41) is 0.759. The van der Waals surface area contributed by atoms with Gasteiger partial charge in [-0.25, -0.2) is 0 Å². The molecule has 0 spiro atoms. The van der Waals surface area contributed by atoms with Crippen LogP contribution in [0.3, 0.4) is 0 Å². The van der Waals surface area contributed by atoms with E-state index in [4.69, 9.17) is 21.3 Å². The van der Waals surface area contributed by atoms with Gasteiger partial charge in [-0.2, -0.15) is 0 Å². The number of aliphatic imine (C=N–C) groups is 1. The number of morpholine rings is 1. The van der Waals surface area contributed by atoms with Gasteiger partial charge in [-0.1, -0.05) is 48.0 Å². The van der Waals surface area contributed by atoms with Crippen molar-refractivity contribution < 1.29 is 4.74 Å². The fraction of sp³-hybridized carbons (Fsp3) is 0.316. The number of fused-ring (bicyclic) bond motifs is 1. The minimum Gasteiger partial charge on any atom is -0.378 e. The monoisotopic (exact) mass is 362 g/mol. The Morgan fingerprint density at radius 3 is 2.46 bits per heavy atom. The van der Waals surface area contributed by atoms with Gasteiger partial charge in [0.1, 0.15) is 11.9 Å². The van der Waals surface area contributed by atoms with E-state index in [0.29, 0.717) is 0 Å². The fourth-order valence-electron chi connectivity index (χ4n) is 3.31. The third kappa shape index (κ3) is 3.44. The number of benzene rings is 2. The summed E-state index contributed by atoms with van der Waals surface area (Å²) >= 11 is 6.04. The van der Waals surface area contributed by atoms with Gasteiger partial charge in [-0.15, -0.1) is 12.4 Å². The van der Waals surface area contributed by atoms with Crippen LogP contribution in [0.25, 0.3) is 0 Å². The van der Waals surface area contributed by atoms with Gasteiger partial charge in [0.2, 0.25) is 0 Å². The molecule has 4 rings (SSSR count). The van der Waals surface area contributed by atoms with E-state index < -0.39 is 0 Å². The van der Waals surface area contributed by atoms with E-state index in [2.05, 4.69) is 41.3 Å². The Kier molecular flexibility index (Phi) is 5.44. The van der Waals surface area contributed by atoms with Crippen molar-refractivity contribution in [2.75, 3.05) is 26.3 Å². The standard InChI is InChI=1S/C19H19ClN2O.ClH/c20-16-7-5-14(6-8-16)19-17-4-2-1-3-15(17)13-18(21-19)22-9-11-23-12-10-22;/h1-8,19H,9-13H2;1H. The summed E-state index contributed by atoms with van der Waals surface area (Å²) in [6.07, 6.45) is 0.903. The zero-order chi connectivity index (χ0) is 15.6. The van der Waals surface area contributed by atoms with E-state index in [1.165, 1.54) is 22.5 Å². The SMILES string of the molecule is Cl.Clc1ccc(C2N=C(N3CCOCC3)Cc3ccccc32)cc1. The molecule has 1 saturated heterocycles. The van der Waals surface area contributed by atoms with Crippen LogP contribution in [-0.2, 0) is 11.2 Å². The van der Waals surface area contributed by atoms with Gasteiger partial charge < -0.3 is 9.64 Å². The quantitative estimate of drug-likeness (QED) is 0.761. The molecule has 0 N–H and O–H groups in total. The number of rotatable bonds is 1. The number of ether oxygens (including phenoxy) is 1. The predicted molar refractivity (Wildman–Crippen MR) is 101 cm³/mol. The lowest BCUT2D eigenvalue weighted by Crippen LogP contribution is -2.42. The van der Waals surface area contributed by atoms with Crippen LogP contribution in [0.4, 0.5) is 0 Å². The maximum Gasteiger partial charge on any atom is 0.105 e. The Labute approximate surface area is 153 Å². The molecule has 2 heterocycles. The van der Waals surface area contributed by atoms with Crippen LogP contribution in [0.15, 0.2) is 53.5 Å². The van der Waals surface area contributed by atoms with Crippen molar-refractivity contribution in [2.45, 2.75) is 12.5 Å². The van der Waals surface area contributed by atoms with Crippen LogP contribution >= 0.6 is 24.0 Å². The first-order valence-corrected chi connectivity index (χ1v) is 8.42. The van der Waals surface area contributed by atoms with Crippen molar-refractivity contribution in [1.82, 2.24) is 4.90 Å². The second-order valence-corrected chi connectivity index (χ2v) is 6.41. The molecule has 24 heavy (non-hydrogen) atoms. The zero-order valence-corrected chi connectivity index (χ0v) is 14.9. The van der Waals surface area contributed by atoms with Crippen LogP contribution in [0.2, 0.25) is 5.02 Å². The normalized spacial score (nSPS) is 20.0. The van der Waals surface area contributed by atoms with E-state index in [-0.39, 0.29) is 18.4 Å². The minimum absolute atomic E-state index is 0. The molecule has 0 radical (unpaired) electrons. The lowest BCUT2D eigenvalue weighted by Gasteiger charge is -2.34. The summed E-state index contributed by atoms with van der Waals surface area (Å²) < 4.78 is 5.47. The van der Waals surface area contributed by atoms with Crippen LogP contribution in [0, 0.1) is 0 Å². The second-order valence-electron chi connectivity index (χ2n) is 5.97. The van der Waals surface area contributed by atoms with Gasteiger partial charge >= 0.3 is 0 Å². The Bertz CT molecular complexity index is 724. The third-order valence-corrected chi connectivity index (χ3v) is 4.79. The predicted octanol–water partition coefficient (Wildman–Crippen LogP) is 4.14. The summed E-state index contributed by atoms with van der Waals surface area (Å²) in [6, 6.07) is 16.7. The molecular formula is C19H20Cl2N2O. The summed E-state index contributed by atoms with van der Waals surface area (Å²) in [7, 11) is 0. The van der Waals surface area contributed by atoms with Crippen molar-refractivity contribution in [3.63, 3.8) is 0 Å². The fourth-order valence-corrected chi connectivity index (χ4v) is 3.44. The third-order valence-electron chi connectivity index (χ3n) is 4.54. The average molecular weight is 363 g/mol. The number of halogens is 2. The molecule has 0 bridgehead atoms. The number of amidine groups is 1. The Balaban J connectivity index is 0.00000169. The second kappa shape index (κ2) is 7.56. The van der Waals surface area contributed by atoms with Crippen molar-refractivity contribution in [3.8, 4) is 0 Å². The molecule has 1 atom stereocenters. The first-order chi connectivity index (χ1) is 11.3. The molecule has 2 aromatic carbocycles. The summed E-state index contributed by atoms with van der Waals surface area (Å²) in [5.41, 5.74) is 3.85. The van der Waals surface area contributed by atoms with E-state index >= 15 is 0 Å². The first kappa shape index (κ1) is 17.3.